The van der Waals surface area contributed by atoms with Crippen LogP contribution in [0.25, 0.3) is 0 Å². The lowest BCUT2D eigenvalue weighted by atomic mass is 9.96. The zero-order valence-electron chi connectivity index (χ0n) is 14.8. The van der Waals surface area contributed by atoms with E-state index >= 15 is 0 Å². The van der Waals surface area contributed by atoms with Crippen LogP contribution in [-0.2, 0) is 7.05 Å². The average Bonchev–Trinajstić information content (AvgIpc) is 2.62. The molecule has 1 unspecified atom stereocenters. The quantitative estimate of drug-likeness (QED) is 0.930. The molecule has 0 aromatic carbocycles. The molecule has 1 aliphatic heterocycles. The van der Waals surface area contributed by atoms with E-state index in [9.17, 15) is 0 Å². The van der Waals surface area contributed by atoms with Crippen LogP contribution in [-0.4, -0.2) is 39.4 Å². The highest BCUT2D eigenvalue weighted by Crippen LogP contribution is 2.25. The van der Waals surface area contributed by atoms with Crippen LogP contribution in [0.5, 0.6) is 0 Å². The summed E-state index contributed by atoms with van der Waals surface area (Å²) in [7, 11) is 2.03. The van der Waals surface area contributed by atoms with Gasteiger partial charge in [-0.15, -0.1) is 0 Å². The van der Waals surface area contributed by atoms with Crippen molar-refractivity contribution in [3.8, 4) is 0 Å². The van der Waals surface area contributed by atoms with E-state index in [0.29, 0.717) is 17.6 Å². The van der Waals surface area contributed by atoms with Crippen molar-refractivity contribution in [2.24, 2.45) is 7.05 Å². The Morgan fingerprint density at radius 1 is 1.19 bits per heavy atom. The van der Waals surface area contributed by atoms with Crippen molar-refractivity contribution in [2.45, 2.75) is 72.0 Å². The van der Waals surface area contributed by atoms with E-state index in [1.807, 2.05) is 11.7 Å². The Bertz CT molecular complexity index is 476. The monoisotopic (exact) mass is 292 g/mol. The Morgan fingerprint density at radius 2 is 1.76 bits per heavy atom. The Kier molecular flexibility index (Phi) is 4.79. The van der Waals surface area contributed by atoms with Gasteiger partial charge < -0.3 is 5.32 Å². The molecule has 0 bridgehead atoms. The Balaban J connectivity index is 1.94. The molecule has 0 saturated carbocycles. The molecule has 4 heteroatoms. The molecular formula is C17H32N4. The van der Waals surface area contributed by atoms with Crippen molar-refractivity contribution in [2.75, 3.05) is 13.1 Å². The van der Waals surface area contributed by atoms with Crippen LogP contribution < -0.4 is 5.32 Å². The SMILES string of the molecule is Cc1nn(C)c(C)c1C(C)NC1CCN(C(C)(C)C)CC1. The molecule has 0 radical (unpaired) electrons. The van der Waals surface area contributed by atoms with Crippen molar-refractivity contribution in [1.29, 1.82) is 0 Å². The number of rotatable bonds is 3. The number of nitrogens with one attached hydrogen (secondary N) is 1. The minimum absolute atomic E-state index is 0.299. The number of aromatic nitrogens is 2. The second-order valence-corrected chi connectivity index (χ2v) is 7.53. The first kappa shape index (κ1) is 16.5. The van der Waals surface area contributed by atoms with Gasteiger partial charge in [0.25, 0.3) is 0 Å². The van der Waals surface area contributed by atoms with Gasteiger partial charge in [0.1, 0.15) is 0 Å². The summed E-state index contributed by atoms with van der Waals surface area (Å²) in [6.45, 7) is 15.9. The molecule has 1 fully saturated rings. The molecule has 2 heterocycles. The summed E-state index contributed by atoms with van der Waals surface area (Å²) >= 11 is 0. The minimum atomic E-state index is 0.299. The Hall–Kier alpha value is -0.870. The third kappa shape index (κ3) is 3.67. The Morgan fingerprint density at radius 3 is 2.19 bits per heavy atom. The van der Waals surface area contributed by atoms with E-state index in [1.54, 1.807) is 0 Å². The van der Waals surface area contributed by atoms with Gasteiger partial charge in [-0.1, -0.05) is 0 Å². The normalized spacial score (nSPS) is 20.0. The summed E-state index contributed by atoms with van der Waals surface area (Å²) in [5.41, 5.74) is 4.10. The van der Waals surface area contributed by atoms with Crippen LogP contribution in [0.15, 0.2) is 0 Å². The van der Waals surface area contributed by atoms with Gasteiger partial charge in [0.2, 0.25) is 0 Å². The first-order valence-electron chi connectivity index (χ1n) is 8.21. The molecule has 1 aromatic heterocycles. The van der Waals surface area contributed by atoms with Crippen molar-refractivity contribution < 1.29 is 0 Å². The smallest absolute Gasteiger partial charge is 0.0644 e. The number of likely N-dealkylation sites (tertiary alicyclic amines) is 1. The number of hydrogen-bond acceptors (Lipinski definition) is 3. The van der Waals surface area contributed by atoms with E-state index in [1.165, 1.54) is 37.2 Å². The fraction of sp³-hybridized carbons (Fsp3) is 0.824. The third-order valence-corrected chi connectivity index (χ3v) is 4.93. The van der Waals surface area contributed by atoms with Crippen LogP contribution >= 0.6 is 0 Å². The van der Waals surface area contributed by atoms with Gasteiger partial charge in [-0.3, -0.25) is 9.58 Å². The van der Waals surface area contributed by atoms with E-state index in [0.717, 1.165) is 5.69 Å². The zero-order chi connectivity index (χ0) is 15.8. The molecule has 0 aliphatic carbocycles. The molecule has 2 rings (SSSR count). The van der Waals surface area contributed by atoms with Crippen LogP contribution in [0.1, 0.15) is 63.5 Å². The van der Waals surface area contributed by atoms with E-state index < -0.39 is 0 Å². The predicted molar refractivity (Wildman–Crippen MR) is 88.6 cm³/mol. The largest absolute Gasteiger partial charge is 0.307 e. The lowest BCUT2D eigenvalue weighted by molar-refractivity contribution is 0.0942. The van der Waals surface area contributed by atoms with E-state index in [4.69, 9.17) is 0 Å². The fourth-order valence-electron chi connectivity index (χ4n) is 3.57. The third-order valence-electron chi connectivity index (χ3n) is 4.93. The minimum Gasteiger partial charge on any atom is -0.307 e. The maximum absolute atomic E-state index is 4.54. The van der Waals surface area contributed by atoms with Crippen LogP contribution in [0.4, 0.5) is 0 Å². The predicted octanol–water partition coefficient (Wildman–Crippen LogP) is 2.95. The summed E-state index contributed by atoms with van der Waals surface area (Å²) in [6.07, 6.45) is 2.47. The second kappa shape index (κ2) is 6.09. The summed E-state index contributed by atoms with van der Waals surface area (Å²) in [5, 5.41) is 8.36. The zero-order valence-corrected chi connectivity index (χ0v) is 14.8. The first-order valence-corrected chi connectivity index (χ1v) is 8.21. The van der Waals surface area contributed by atoms with Gasteiger partial charge in [0, 0.05) is 49.0 Å². The van der Waals surface area contributed by atoms with Crippen molar-refractivity contribution >= 4 is 0 Å². The summed E-state index contributed by atoms with van der Waals surface area (Å²) < 4.78 is 1.99. The van der Waals surface area contributed by atoms with Crippen molar-refractivity contribution in [1.82, 2.24) is 20.0 Å². The lowest BCUT2D eigenvalue weighted by Crippen LogP contribution is -2.50. The van der Waals surface area contributed by atoms with Gasteiger partial charge >= 0.3 is 0 Å². The molecule has 1 aliphatic rings. The van der Waals surface area contributed by atoms with Crippen LogP contribution in [0.2, 0.25) is 0 Å². The average molecular weight is 292 g/mol. The molecule has 0 amide bonds. The summed E-state index contributed by atoms with van der Waals surface area (Å²) in [6, 6.07) is 1.00. The number of hydrogen-bond donors (Lipinski definition) is 1. The topological polar surface area (TPSA) is 33.1 Å². The maximum atomic E-state index is 4.54. The van der Waals surface area contributed by atoms with E-state index in [2.05, 4.69) is 56.9 Å². The summed E-state index contributed by atoms with van der Waals surface area (Å²) in [5.74, 6) is 0. The van der Waals surface area contributed by atoms with Crippen LogP contribution in [0.3, 0.4) is 0 Å². The maximum Gasteiger partial charge on any atom is 0.0644 e. The van der Waals surface area contributed by atoms with Gasteiger partial charge in [-0.05, 0) is 54.4 Å². The van der Waals surface area contributed by atoms with Gasteiger partial charge in [-0.25, -0.2) is 0 Å². The molecule has 0 spiro atoms. The molecule has 120 valence electrons. The number of aryl methyl sites for hydroxylation is 2. The molecule has 1 aromatic rings. The van der Waals surface area contributed by atoms with E-state index in [-0.39, 0.29) is 0 Å². The summed E-state index contributed by atoms with van der Waals surface area (Å²) in [4.78, 5) is 2.59. The Labute approximate surface area is 129 Å². The van der Waals surface area contributed by atoms with Gasteiger partial charge in [0.15, 0.2) is 0 Å². The molecule has 4 nitrogen and oxygen atoms in total. The lowest BCUT2D eigenvalue weighted by Gasteiger charge is -2.41. The highest BCUT2D eigenvalue weighted by atomic mass is 15.3. The first-order chi connectivity index (χ1) is 9.70. The van der Waals surface area contributed by atoms with Gasteiger partial charge in [-0.2, -0.15) is 5.10 Å². The number of piperidine rings is 1. The molecule has 1 saturated heterocycles. The highest BCUT2D eigenvalue weighted by molar-refractivity contribution is 5.27. The van der Waals surface area contributed by atoms with Crippen molar-refractivity contribution in [3.63, 3.8) is 0 Å². The second-order valence-electron chi connectivity index (χ2n) is 7.53. The van der Waals surface area contributed by atoms with Crippen LogP contribution in [0, 0.1) is 13.8 Å². The molecule has 1 N–H and O–H groups in total. The standard InChI is InChI=1S/C17H32N4/c1-12(16-13(2)19-20(7)14(16)3)18-15-8-10-21(11-9-15)17(4,5)6/h12,15,18H,8-11H2,1-7H3. The molecule has 21 heavy (non-hydrogen) atoms. The highest BCUT2D eigenvalue weighted by Gasteiger charge is 2.28. The molecule has 1 atom stereocenters. The van der Waals surface area contributed by atoms with Crippen molar-refractivity contribution in [3.05, 3.63) is 17.0 Å². The molecular weight excluding hydrogens is 260 g/mol. The van der Waals surface area contributed by atoms with Gasteiger partial charge in [0.05, 0.1) is 5.69 Å². The fourth-order valence-corrected chi connectivity index (χ4v) is 3.57. The number of nitrogens with zero attached hydrogens (tertiary/aromatic N) is 3.